The van der Waals surface area contributed by atoms with E-state index in [0.29, 0.717) is 22.0 Å². The Morgan fingerprint density at radius 2 is 1.96 bits per heavy atom. The lowest BCUT2D eigenvalue weighted by molar-refractivity contribution is -0.119. The smallest absolute Gasteiger partial charge is 0.342 e. The van der Waals surface area contributed by atoms with Gasteiger partial charge in [0.05, 0.1) is 11.9 Å². The number of aromatic nitrogens is 2. The number of nitrogens with one attached hydrogen (secondary N) is 2. The molecule has 0 saturated heterocycles. The first-order valence-corrected chi connectivity index (χ1v) is 7.92. The fraction of sp³-hybridized carbons (Fsp3) is 0.0556. The number of nitrogens with zero attached hydrogens (tertiary/aromatic N) is 1. The van der Waals surface area contributed by atoms with E-state index in [9.17, 15) is 14.0 Å². The number of amides is 1. The number of H-pyrrole nitrogens is 1. The van der Waals surface area contributed by atoms with Gasteiger partial charge in [-0.3, -0.25) is 9.89 Å². The van der Waals surface area contributed by atoms with Crippen LogP contribution in [0.3, 0.4) is 0 Å². The summed E-state index contributed by atoms with van der Waals surface area (Å²) in [6.45, 7) is -0.477. The van der Waals surface area contributed by atoms with Gasteiger partial charge in [0, 0.05) is 16.3 Å². The van der Waals surface area contributed by atoms with Crippen molar-refractivity contribution >= 4 is 29.2 Å². The lowest BCUT2D eigenvalue weighted by atomic mass is 10.1. The van der Waals surface area contributed by atoms with Crippen LogP contribution in [0, 0.1) is 5.82 Å². The van der Waals surface area contributed by atoms with Crippen LogP contribution in [0.1, 0.15) is 10.4 Å². The van der Waals surface area contributed by atoms with E-state index in [-0.39, 0.29) is 5.56 Å². The molecule has 0 aliphatic rings. The first-order chi connectivity index (χ1) is 12.5. The molecule has 1 amide bonds. The Morgan fingerprint density at radius 3 is 2.69 bits per heavy atom. The van der Waals surface area contributed by atoms with Gasteiger partial charge in [-0.25, -0.2) is 9.18 Å². The molecule has 3 aromatic rings. The quantitative estimate of drug-likeness (QED) is 0.668. The van der Waals surface area contributed by atoms with E-state index in [2.05, 4.69) is 15.5 Å². The molecule has 0 unspecified atom stereocenters. The molecule has 0 atom stereocenters. The summed E-state index contributed by atoms with van der Waals surface area (Å²) in [5.74, 6) is -1.69. The van der Waals surface area contributed by atoms with Crippen molar-refractivity contribution < 1.29 is 18.7 Å². The van der Waals surface area contributed by atoms with E-state index < -0.39 is 24.3 Å². The van der Waals surface area contributed by atoms with E-state index in [1.807, 2.05) is 0 Å². The molecule has 0 fully saturated rings. The van der Waals surface area contributed by atoms with E-state index in [1.165, 1.54) is 24.4 Å². The summed E-state index contributed by atoms with van der Waals surface area (Å²) < 4.78 is 18.4. The Balaban J connectivity index is 1.63. The molecule has 6 nitrogen and oxygen atoms in total. The van der Waals surface area contributed by atoms with Crippen LogP contribution in [0.2, 0.25) is 5.02 Å². The van der Waals surface area contributed by atoms with Crippen LogP contribution in [0.5, 0.6) is 0 Å². The lowest BCUT2D eigenvalue weighted by Gasteiger charge is -2.07. The molecule has 0 bridgehead atoms. The summed E-state index contributed by atoms with van der Waals surface area (Å²) in [5, 5.41) is 9.54. The maximum Gasteiger partial charge on any atom is 0.342 e. The third kappa shape index (κ3) is 4.25. The highest BCUT2D eigenvalue weighted by Crippen LogP contribution is 2.22. The standard InChI is InChI=1S/C18H13ClFN3O3/c19-12-4-6-14(7-5-12)22-16(24)10-26-18(25)15-9-21-23-17(15)11-2-1-3-13(20)8-11/h1-9H,10H2,(H,21,23)(H,22,24). The predicted octanol–water partition coefficient (Wildman–Crippen LogP) is 3.66. The van der Waals surface area contributed by atoms with Crippen LogP contribution >= 0.6 is 11.6 Å². The molecular formula is C18H13ClFN3O3. The van der Waals surface area contributed by atoms with Crippen molar-refractivity contribution in [3.05, 3.63) is 71.1 Å². The van der Waals surface area contributed by atoms with E-state index >= 15 is 0 Å². The molecule has 132 valence electrons. The van der Waals surface area contributed by atoms with Crippen LogP contribution < -0.4 is 5.32 Å². The number of ether oxygens (including phenoxy) is 1. The summed E-state index contributed by atoms with van der Waals surface area (Å²) >= 11 is 5.77. The monoisotopic (exact) mass is 373 g/mol. The number of anilines is 1. The number of hydrogen-bond donors (Lipinski definition) is 2. The molecule has 26 heavy (non-hydrogen) atoms. The Bertz CT molecular complexity index is 941. The van der Waals surface area contributed by atoms with Gasteiger partial charge in [-0.1, -0.05) is 23.7 Å². The Labute approximate surface area is 152 Å². The second-order valence-corrected chi connectivity index (χ2v) is 5.74. The predicted molar refractivity (Wildman–Crippen MR) is 94.3 cm³/mol. The minimum Gasteiger partial charge on any atom is -0.452 e. The van der Waals surface area contributed by atoms with Crippen molar-refractivity contribution in [3.63, 3.8) is 0 Å². The highest BCUT2D eigenvalue weighted by atomic mass is 35.5. The highest BCUT2D eigenvalue weighted by Gasteiger charge is 2.18. The molecule has 1 aromatic heterocycles. The molecular weight excluding hydrogens is 361 g/mol. The number of carbonyl (C=O) groups excluding carboxylic acids is 2. The van der Waals surface area contributed by atoms with Crippen molar-refractivity contribution in [1.29, 1.82) is 0 Å². The average molecular weight is 374 g/mol. The van der Waals surface area contributed by atoms with Gasteiger partial charge < -0.3 is 10.1 Å². The minimum absolute atomic E-state index is 0.106. The molecule has 2 N–H and O–H groups in total. The van der Waals surface area contributed by atoms with E-state index in [1.54, 1.807) is 30.3 Å². The molecule has 1 heterocycles. The van der Waals surface area contributed by atoms with Crippen LogP contribution in [0.4, 0.5) is 10.1 Å². The van der Waals surface area contributed by atoms with Gasteiger partial charge in [-0.2, -0.15) is 5.10 Å². The maximum absolute atomic E-state index is 13.4. The molecule has 0 aliphatic carbocycles. The van der Waals surface area contributed by atoms with Gasteiger partial charge in [0.2, 0.25) is 0 Å². The van der Waals surface area contributed by atoms with Gasteiger partial charge in [0.25, 0.3) is 5.91 Å². The van der Waals surface area contributed by atoms with Crippen molar-refractivity contribution in [2.24, 2.45) is 0 Å². The third-order valence-corrected chi connectivity index (χ3v) is 3.69. The van der Waals surface area contributed by atoms with Crippen molar-refractivity contribution in [1.82, 2.24) is 10.2 Å². The highest BCUT2D eigenvalue weighted by molar-refractivity contribution is 6.30. The maximum atomic E-state index is 13.4. The number of rotatable bonds is 5. The SMILES string of the molecule is O=C(COC(=O)c1cn[nH]c1-c1cccc(F)c1)Nc1ccc(Cl)cc1. The van der Waals surface area contributed by atoms with Crippen molar-refractivity contribution in [2.75, 3.05) is 11.9 Å². The molecule has 0 aliphatic heterocycles. The summed E-state index contributed by atoms with van der Waals surface area (Å²) in [4.78, 5) is 24.1. The average Bonchev–Trinajstić information content (AvgIpc) is 3.11. The normalized spacial score (nSPS) is 10.4. The summed E-state index contributed by atoms with van der Waals surface area (Å²) in [5.41, 5.74) is 1.39. The number of carbonyl (C=O) groups is 2. The first kappa shape index (κ1) is 17.6. The topological polar surface area (TPSA) is 84.1 Å². The number of halogens is 2. The summed E-state index contributed by atoms with van der Waals surface area (Å²) in [7, 11) is 0. The van der Waals surface area contributed by atoms with Gasteiger partial charge in [0.15, 0.2) is 6.61 Å². The number of esters is 1. The second-order valence-electron chi connectivity index (χ2n) is 5.30. The van der Waals surface area contributed by atoms with Gasteiger partial charge in [0.1, 0.15) is 11.4 Å². The van der Waals surface area contributed by atoms with E-state index in [0.717, 1.165) is 0 Å². The van der Waals surface area contributed by atoms with Crippen molar-refractivity contribution in [2.45, 2.75) is 0 Å². The van der Waals surface area contributed by atoms with Crippen LogP contribution in [-0.2, 0) is 9.53 Å². The fourth-order valence-corrected chi connectivity index (χ4v) is 2.37. The molecule has 0 saturated carbocycles. The molecule has 0 spiro atoms. The van der Waals surface area contributed by atoms with Gasteiger partial charge in [-0.15, -0.1) is 0 Å². The fourth-order valence-electron chi connectivity index (χ4n) is 2.24. The van der Waals surface area contributed by atoms with Crippen LogP contribution in [-0.4, -0.2) is 28.7 Å². The number of benzene rings is 2. The van der Waals surface area contributed by atoms with Crippen molar-refractivity contribution in [3.8, 4) is 11.3 Å². The zero-order valence-corrected chi connectivity index (χ0v) is 14.1. The molecule has 8 heteroatoms. The zero-order valence-electron chi connectivity index (χ0n) is 13.3. The lowest BCUT2D eigenvalue weighted by Crippen LogP contribution is -2.21. The van der Waals surface area contributed by atoms with E-state index in [4.69, 9.17) is 16.3 Å². The van der Waals surface area contributed by atoms with Crippen LogP contribution in [0.15, 0.2) is 54.7 Å². The number of hydrogen-bond acceptors (Lipinski definition) is 4. The largest absolute Gasteiger partial charge is 0.452 e. The first-order valence-electron chi connectivity index (χ1n) is 7.55. The van der Waals surface area contributed by atoms with Gasteiger partial charge >= 0.3 is 5.97 Å². The molecule has 3 rings (SSSR count). The second kappa shape index (κ2) is 7.79. The van der Waals surface area contributed by atoms with Gasteiger partial charge in [-0.05, 0) is 36.4 Å². The third-order valence-electron chi connectivity index (χ3n) is 3.43. The Hall–Kier alpha value is -3.19. The van der Waals surface area contributed by atoms with Crippen LogP contribution in [0.25, 0.3) is 11.3 Å². The summed E-state index contributed by atoms with van der Waals surface area (Å²) in [6, 6.07) is 12.2. The zero-order chi connectivity index (χ0) is 18.5. The molecule has 0 radical (unpaired) electrons. The molecule has 2 aromatic carbocycles. The summed E-state index contributed by atoms with van der Waals surface area (Å²) in [6.07, 6.45) is 1.26. The Kier molecular flexibility index (Phi) is 5.28. The minimum atomic E-state index is -0.746. The Morgan fingerprint density at radius 1 is 1.19 bits per heavy atom. The number of aromatic amines is 1.